The highest BCUT2D eigenvalue weighted by atomic mass is 16.7. The molecule has 3 atom stereocenters. The Morgan fingerprint density at radius 3 is 2.00 bits per heavy atom. The molecule has 5 heteroatoms. The van der Waals surface area contributed by atoms with Crippen molar-refractivity contribution in [2.24, 2.45) is 5.92 Å². The van der Waals surface area contributed by atoms with E-state index in [0.29, 0.717) is 0 Å². The molecule has 1 rings (SSSR count). The predicted molar refractivity (Wildman–Crippen MR) is 64.7 cm³/mol. The van der Waals surface area contributed by atoms with Crippen LogP contribution in [-0.4, -0.2) is 29.9 Å². The Hall–Kier alpha value is -1.10. The lowest BCUT2D eigenvalue weighted by molar-refractivity contribution is -0.205. The van der Waals surface area contributed by atoms with Crippen molar-refractivity contribution in [3.63, 3.8) is 0 Å². The van der Waals surface area contributed by atoms with Gasteiger partial charge in [-0.05, 0) is 12.8 Å². The average molecular weight is 258 g/mol. The summed E-state index contributed by atoms with van der Waals surface area (Å²) >= 11 is 0. The molecule has 0 N–H and O–H groups in total. The van der Waals surface area contributed by atoms with E-state index in [1.54, 1.807) is 0 Å². The van der Waals surface area contributed by atoms with E-state index in [2.05, 4.69) is 0 Å². The van der Waals surface area contributed by atoms with E-state index < -0.39 is 29.9 Å². The third kappa shape index (κ3) is 2.83. The van der Waals surface area contributed by atoms with Crippen molar-refractivity contribution < 1.29 is 23.8 Å². The van der Waals surface area contributed by atoms with E-state index in [-0.39, 0.29) is 5.92 Å². The summed E-state index contributed by atoms with van der Waals surface area (Å²) in [5, 5.41) is 0. The van der Waals surface area contributed by atoms with Crippen LogP contribution in [0, 0.1) is 5.92 Å². The van der Waals surface area contributed by atoms with Gasteiger partial charge in [0, 0.05) is 19.8 Å². The highest BCUT2D eigenvalue weighted by Crippen LogP contribution is 2.43. The van der Waals surface area contributed by atoms with Gasteiger partial charge in [-0.2, -0.15) is 0 Å². The summed E-state index contributed by atoms with van der Waals surface area (Å²) in [7, 11) is 0. The lowest BCUT2D eigenvalue weighted by atomic mass is 9.83. The van der Waals surface area contributed by atoms with Gasteiger partial charge in [-0.3, -0.25) is 9.59 Å². The standard InChI is InChI=1S/C13H22O5/c1-6-13(7-2)8(3)11(16-9(4)14)12(18-13)17-10(5)15/h8,11-12H,6-7H2,1-5H3/t8-,11+,12-/m0/s1. The molecule has 5 nitrogen and oxygen atoms in total. The highest BCUT2D eigenvalue weighted by Gasteiger charge is 2.53. The normalized spacial score (nSPS) is 29.9. The summed E-state index contributed by atoms with van der Waals surface area (Å²) < 4.78 is 16.2. The van der Waals surface area contributed by atoms with Gasteiger partial charge in [-0.1, -0.05) is 20.8 Å². The minimum atomic E-state index is -0.804. The molecular weight excluding hydrogens is 236 g/mol. The largest absolute Gasteiger partial charge is 0.455 e. The molecule has 18 heavy (non-hydrogen) atoms. The second-order valence-corrected chi connectivity index (χ2v) is 4.73. The number of carbonyl (C=O) groups is 2. The molecule has 0 bridgehead atoms. The predicted octanol–water partition coefficient (Wildman–Crippen LogP) is 2.03. The Labute approximate surface area is 108 Å². The van der Waals surface area contributed by atoms with Crippen LogP contribution in [0.4, 0.5) is 0 Å². The second-order valence-electron chi connectivity index (χ2n) is 4.73. The molecule has 0 saturated carbocycles. The van der Waals surface area contributed by atoms with Crippen molar-refractivity contribution in [2.75, 3.05) is 0 Å². The van der Waals surface area contributed by atoms with Crippen molar-refractivity contribution in [1.29, 1.82) is 0 Å². The van der Waals surface area contributed by atoms with Crippen molar-refractivity contribution in [1.82, 2.24) is 0 Å². The van der Waals surface area contributed by atoms with E-state index in [4.69, 9.17) is 14.2 Å². The first-order valence-corrected chi connectivity index (χ1v) is 6.38. The maximum absolute atomic E-state index is 11.1. The van der Waals surface area contributed by atoms with Crippen molar-refractivity contribution in [3.05, 3.63) is 0 Å². The van der Waals surface area contributed by atoms with Gasteiger partial charge < -0.3 is 14.2 Å². The first kappa shape index (κ1) is 15.0. The van der Waals surface area contributed by atoms with Gasteiger partial charge in [0.2, 0.25) is 6.29 Å². The van der Waals surface area contributed by atoms with Crippen LogP contribution in [0.5, 0.6) is 0 Å². The molecule has 0 aromatic carbocycles. The Kier molecular flexibility index (Phi) is 4.73. The number of esters is 2. The lowest BCUT2D eigenvalue weighted by Crippen LogP contribution is -2.37. The summed E-state index contributed by atoms with van der Waals surface area (Å²) in [6.07, 6.45) is 0.216. The van der Waals surface area contributed by atoms with Gasteiger partial charge in [0.05, 0.1) is 5.60 Å². The summed E-state index contributed by atoms with van der Waals surface area (Å²) in [5.74, 6) is -0.844. The van der Waals surface area contributed by atoms with Crippen LogP contribution in [0.2, 0.25) is 0 Å². The van der Waals surface area contributed by atoms with Gasteiger partial charge in [-0.25, -0.2) is 0 Å². The topological polar surface area (TPSA) is 61.8 Å². The molecule has 1 saturated heterocycles. The number of ether oxygens (including phenoxy) is 3. The molecule has 0 spiro atoms. The zero-order chi connectivity index (χ0) is 13.9. The molecule has 0 aliphatic carbocycles. The highest BCUT2D eigenvalue weighted by molar-refractivity contribution is 5.67. The number of hydrogen-bond acceptors (Lipinski definition) is 5. The third-order valence-electron chi connectivity index (χ3n) is 3.72. The van der Waals surface area contributed by atoms with Crippen LogP contribution < -0.4 is 0 Å². The van der Waals surface area contributed by atoms with E-state index in [9.17, 15) is 9.59 Å². The van der Waals surface area contributed by atoms with Crippen molar-refractivity contribution in [3.8, 4) is 0 Å². The number of carbonyl (C=O) groups excluding carboxylic acids is 2. The molecule has 104 valence electrons. The van der Waals surface area contributed by atoms with Crippen molar-refractivity contribution >= 4 is 11.9 Å². The van der Waals surface area contributed by atoms with Crippen LogP contribution in [0.1, 0.15) is 47.5 Å². The van der Waals surface area contributed by atoms with E-state index in [0.717, 1.165) is 12.8 Å². The minimum Gasteiger partial charge on any atom is -0.455 e. The molecule has 0 unspecified atom stereocenters. The van der Waals surface area contributed by atoms with E-state index in [1.807, 2.05) is 20.8 Å². The summed E-state index contributed by atoms with van der Waals surface area (Å²) in [6.45, 7) is 8.65. The Bertz CT molecular complexity index is 321. The lowest BCUT2D eigenvalue weighted by Gasteiger charge is -2.30. The number of hydrogen-bond donors (Lipinski definition) is 0. The number of rotatable bonds is 4. The Balaban J connectivity index is 2.94. The first-order valence-electron chi connectivity index (χ1n) is 6.38. The molecular formula is C13H22O5. The molecule has 1 aliphatic rings. The minimum absolute atomic E-state index is 0.0132. The first-order chi connectivity index (χ1) is 8.36. The van der Waals surface area contributed by atoms with Crippen LogP contribution in [-0.2, 0) is 23.8 Å². The maximum atomic E-state index is 11.1. The van der Waals surface area contributed by atoms with Gasteiger partial charge in [-0.15, -0.1) is 0 Å². The van der Waals surface area contributed by atoms with E-state index >= 15 is 0 Å². The third-order valence-corrected chi connectivity index (χ3v) is 3.72. The smallest absolute Gasteiger partial charge is 0.305 e. The van der Waals surface area contributed by atoms with Gasteiger partial charge >= 0.3 is 11.9 Å². The zero-order valence-electron chi connectivity index (χ0n) is 11.7. The second kappa shape index (κ2) is 5.69. The fraction of sp³-hybridized carbons (Fsp3) is 0.846. The molecule has 1 heterocycles. The fourth-order valence-electron chi connectivity index (χ4n) is 2.61. The quantitative estimate of drug-likeness (QED) is 0.722. The summed E-state index contributed by atoms with van der Waals surface area (Å²) in [5.41, 5.74) is -0.403. The van der Waals surface area contributed by atoms with Gasteiger partial charge in [0.1, 0.15) is 0 Å². The van der Waals surface area contributed by atoms with Gasteiger partial charge in [0.25, 0.3) is 0 Å². The summed E-state index contributed by atoms with van der Waals surface area (Å²) in [6, 6.07) is 0. The Morgan fingerprint density at radius 1 is 1.11 bits per heavy atom. The van der Waals surface area contributed by atoms with Gasteiger partial charge in [0.15, 0.2) is 6.10 Å². The summed E-state index contributed by atoms with van der Waals surface area (Å²) in [4.78, 5) is 22.2. The maximum Gasteiger partial charge on any atom is 0.305 e. The molecule has 0 amide bonds. The SMILES string of the molecule is CCC1(CC)O[C@H](OC(C)=O)[C@H](OC(C)=O)[C@@H]1C. The van der Waals surface area contributed by atoms with Crippen molar-refractivity contribution in [2.45, 2.75) is 65.5 Å². The molecule has 1 fully saturated rings. The van der Waals surface area contributed by atoms with Crippen LogP contribution in [0.15, 0.2) is 0 Å². The van der Waals surface area contributed by atoms with Crippen LogP contribution in [0.3, 0.4) is 0 Å². The monoisotopic (exact) mass is 258 g/mol. The zero-order valence-corrected chi connectivity index (χ0v) is 11.7. The Morgan fingerprint density at radius 2 is 1.61 bits per heavy atom. The fourth-order valence-corrected chi connectivity index (χ4v) is 2.61. The van der Waals surface area contributed by atoms with Crippen LogP contribution >= 0.6 is 0 Å². The average Bonchev–Trinajstić information content (AvgIpc) is 2.53. The molecule has 1 aliphatic heterocycles. The van der Waals surface area contributed by atoms with E-state index in [1.165, 1.54) is 13.8 Å². The molecule has 0 aromatic rings. The molecule has 0 aromatic heterocycles. The van der Waals surface area contributed by atoms with Crippen LogP contribution in [0.25, 0.3) is 0 Å². The molecule has 0 radical (unpaired) electrons.